The fraction of sp³-hybridized carbons (Fsp3) is 0.455. The van der Waals surface area contributed by atoms with Gasteiger partial charge in [0, 0.05) is 38.4 Å². The van der Waals surface area contributed by atoms with E-state index >= 15 is 0 Å². The molecule has 0 spiro atoms. The molecule has 0 radical (unpaired) electrons. The fourth-order valence-electron chi connectivity index (χ4n) is 4.24. The van der Waals surface area contributed by atoms with Gasteiger partial charge in [-0.3, -0.25) is 14.5 Å². The number of likely N-dealkylation sites (tertiary alicyclic amines) is 1. The topological polar surface area (TPSA) is 73.2 Å². The molecule has 2 aromatic rings. The lowest BCUT2D eigenvalue weighted by molar-refractivity contribution is -0.0257. The first-order valence-corrected chi connectivity index (χ1v) is 10.3. The lowest BCUT2D eigenvalue weighted by Gasteiger charge is -2.46. The summed E-state index contributed by atoms with van der Waals surface area (Å²) in [6.07, 6.45) is 1.74. The molecule has 8 nitrogen and oxygen atoms in total. The van der Waals surface area contributed by atoms with Crippen LogP contribution >= 0.6 is 0 Å². The van der Waals surface area contributed by atoms with Crippen molar-refractivity contribution < 1.29 is 19.0 Å². The first-order chi connectivity index (χ1) is 14.6. The Kier molecular flexibility index (Phi) is 4.96. The molecule has 3 aliphatic rings. The van der Waals surface area contributed by atoms with E-state index in [2.05, 4.69) is 4.90 Å². The maximum absolute atomic E-state index is 13.1. The molecule has 0 aliphatic carbocycles. The Balaban J connectivity index is 1.32. The molecule has 1 amide bonds. The molecule has 0 saturated carbocycles. The van der Waals surface area contributed by atoms with Crippen molar-refractivity contribution in [1.82, 2.24) is 14.4 Å². The van der Waals surface area contributed by atoms with Crippen molar-refractivity contribution in [2.75, 3.05) is 46.2 Å². The molecule has 8 heteroatoms. The molecule has 30 heavy (non-hydrogen) atoms. The molecule has 2 saturated heterocycles. The van der Waals surface area contributed by atoms with E-state index in [9.17, 15) is 9.59 Å². The number of carbonyl (C=O) groups is 1. The maximum atomic E-state index is 13.1. The Morgan fingerprint density at radius 2 is 1.87 bits per heavy atom. The van der Waals surface area contributed by atoms with E-state index in [1.54, 1.807) is 15.7 Å². The molecule has 1 aromatic carbocycles. The van der Waals surface area contributed by atoms with Crippen LogP contribution in [0.5, 0.6) is 11.5 Å². The van der Waals surface area contributed by atoms with E-state index < -0.39 is 0 Å². The summed E-state index contributed by atoms with van der Waals surface area (Å²) >= 11 is 0. The highest BCUT2D eigenvalue weighted by molar-refractivity contribution is 5.95. The molecule has 3 aliphatic heterocycles. The van der Waals surface area contributed by atoms with Gasteiger partial charge in [0.2, 0.25) is 6.79 Å². The number of aryl methyl sites for hydroxylation is 1. The number of aromatic nitrogens is 1. The van der Waals surface area contributed by atoms with Crippen LogP contribution in [0.25, 0.3) is 0 Å². The average Bonchev–Trinajstić information content (AvgIpc) is 3.18. The molecular weight excluding hydrogens is 386 g/mol. The van der Waals surface area contributed by atoms with Crippen LogP contribution in [0.4, 0.5) is 0 Å². The Bertz CT molecular complexity index is 1020. The van der Waals surface area contributed by atoms with Gasteiger partial charge >= 0.3 is 0 Å². The van der Waals surface area contributed by atoms with Crippen molar-refractivity contribution in [2.24, 2.45) is 0 Å². The number of hydrogen-bond donors (Lipinski definition) is 0. The normalized spacial score (nSPS) is 19.0. The van der Waals surface area contributed by atoms with Crippen molar-refractivity contribution in [2.45, 2.75) is 19.5 Å². The smallest absolute Gasteiger partial charge is 0.263 e. The zero-order valence-electron chi connectivity index (χ0n) is 17.0. The van der Waals surface area contributed by atoms with Gasteiger partial charge in [-0.15, -0.1) is 0 Å². The number of pyridine rings is 1. The lowest BCUT2D eigenvalue weighted by atomic mass is 10.0. The summed E-state index contributed by atoms with van der Waals surface area (Å²) in [6.45, 7) is 7.01. The van der Waals surface area contributed by atoms with E-state index in [0.29, 0.717) is 42.7 Å². The number of carbonyl (C=O) groups excluding carboxylic acids is 1. The van der Waals surface area contributed by atoms with Crippen molar-refractivity contribution in [1.29, 1.82) is 0 Å². The minimum Gasteiger partial charge on any atom is -0.454 e. The molecule has 0 atom stereocenters. The summed E-state index contributed by atoms with van der Waals surface area (Å²) in [5, 5.41) is 0. The highest BCUT2D eigenvalue weighted by Crippen LogP contribution is 2.32. The number of fused-ring (bicyclic) bond motifs is 1. The molecule has 1 aromatic heterocycles. The van der Waals surface area contributed by atoms with E-state index in [0.717, 1.165) is 31.9 Å². The monoisotopic (exact) mass is 411 g/mol. The predicted molar refractivity (Wildman–Crippen MR) is 109 cm³/mol. The van der Waals surface area contributed by atoms with Gasteiger partial charge in [0.1, 0.15) is 5.56 Å². The van der Waals surface area contributed by atoms with Crippen LogP contribution in [0.15, 0.2) is 35.3 Å². The van der Waals surface area contributed by atoms with Crippen molar-refractivity contribution >= 4 is 5.91 Å². The van der Waals surface area contributed by atoms with Crippen molar-refractivity contribution in [3.8, 4) is 11.5 Å². The number of amides is 1. The van der Waals surface area contributed by atoms with Crippen LogP contribution in [0.1, 0.15) is 21.5 Å². The van der Waals surface area contributed by atoms with Crippen molar-refractivity contribution in [3.05, 3.63) is 57.5 Å². The first kappa shape index (κ1) is 19.1. The van der Waals surface area contributed by atoms with E-state index in [4.69, 9.17) is 14.2 Å². The number of nitrogens with zero attached hydrogens (tertiary/aromatic N) is 3. The number of benzene rings is 1. The van der Waals surface area contributed by atoms with Gasteiger partial charge in [-0.05, 0) is 36.2 Å². The van der Waals surface area contributed by atoms with Crippen LogP contribution < -0.4 is 15.0 Å². The van der Waals surface area contributed by atoms with Gasteiger partial charge in [0.05, 0.1) is 19.8 Å². The molecule has 158 valence electrons. The number of rotatable bonds is 4. The fourth-order valence-corrected chi connectivity index (χ4v) is 4.24. The summed E-state index contributed by atoms with van der Waals surface area (Å²) in [5.74, 6) is 1.21. The summed E-state index contributed by atoms with van der Waals surface area (Å²) in [5.41, 5.74) is 1.63. The first-order valence-electron chi connectivity index (χ1n) is 10.3. The highest BCUT2D eigenvalue weighted by Gasteiger charge is 2.37. The predicted octanol–water partition coefficient (Wildman–Crippen LogP) is 1.09. The van der Waals surface area contributed by atoms with E-state index in [-0.39, 0.29) is 23.8 Å². The summed E-state index contributed by atoms with van der Waals surface area (Å²) in [4.78, 5) is 30.4. The molecular formula is C22H25N3O5. The largest absolute Gasteiger partial charge is 0.454 e. The van der Waals surface area contributed by atoms with E-state index in [1.807, 2.05) is 31.2 Å². The van der Waals surface area contributed by atoms with Crippen LogP contribution in [0, 0.1) is 6.92 Å². The van der Waals surface area contributed by atoms with Crippen LogP contribution in [0.3, 0.4) is 0 Å². The van der Waals surface area contributed by atoms with Crippen LogP contribution in [-0.2, 0) is 11.3 Å². The maximum Gasteiger partial charge on any atom is 0.263 e. The standard InChI is InChI=1S/C22H25N3O5/c1-15-4-5-24(11-16-2-3-18-19(10-16)30-14-29-18)21(26)20(15)22(27)25-12-17(13-25)23-6-8-28-9-7-23/h2-5,10,17H,6-9,11-14H2,1H3. The van der Waals surface area contributed by atoms with E-state index in [1.165, 1.54) is 0 Å². The second kappa shape index (κ2) is 7.77. The second-order valence-corrected chi connectivity index (χ2v) is 8.01. The molecule has 2 fully saturated rings. The Hall–Kier alpha value is -2.84. The van der Waals surface area contributed by atoms with Gasteiger partial charge in [-0.1, -0.05) is 6.07 Å². The van der Waals surface area contributed by atoms with Crippen LogP contribution in [-0.4, -0.2) is 72.5 Å². The SMILES string of the molecule is Cc1ccn(Cc2ccc3c(c2)OCO3)c(=O)c1C(=O)N1CC(N2CCOCC2)C1. The van der Waals surface area contributed by atoms with Crippen LogP contribution in [0.2, 0.25) is 0 Å². The molecule has 0 bridgehead atoms. The van der Waals surface area contributed by atoms with Gasteiger partial charge in [0.25, 0.3) is 11.5 Å². The third kappa shape index (κ3) is 3.46. The average molecular weight is 411 g/mol. The summed E-state index contributed by atoms with van der Waals surface area (Å²) in [6, 6.07) is 7.82. The quantitative estimate of drug-likeness (QED) is 0.750. The molecule has 4 heterocycles. The third-order valence-corrected chi connectivity index (χ3v) is 6.09. The van der Waals surface area contributed by atoms with Gasteiger partial charge in [-0.25, -0.2) is 0 Å². The zero-order valence-corrected chi connectivity index (χ0v) is 17.0. The lowest BCUT2D eigenvalue weighted by Crippen LogP contribution is -2.63. The summed E-state index contributed by atoms with van der Waals surface area (Å²) in [7, 11) is 0. The Morgan fingerprint density at radius 1 is 1.10 bits per heavy atom. The Morgan fingerprint density at radius 3 is 2.67 bits per heavy atom. The number of ether oxygens (including phenoxy) is 3. The number of morpholine rings is 1. The minimum atomic E-state index is -0.257. The molecule has 5 rings (SSSR count). The third-order valence-electron chi connectivity index (χ3n) is 6.09. The molecule has 0 unspecified atom stereocenters. The number of hydrogen-bond acceptors (Lipinski definition) is 6. The molecule has 0 N–H and O–H groups in total. The van der Waals surface area contributed by atoms with Gasteiger partial charge in [-0.2, -0.15) is 0 Å². The van der Waals surface area contributed by atoms with Gasteiger partial charge in [0.15, 0.2) is 11.5 Å². The van der Waals surface area contributed by atoms with Gasteiger partial charge < -0.3 is 23.7 Å². The highest BCUT2D eigenvalue weighted by atomic mass is 16.7. The summed E-state index contributed by atoms with van der Waals surface area (Å²) < 4.78 is 17.7. The zero-order chi connectivity index (χ0) is 20.7. The Labute approximate surface area is 174 Å². The second-order valence-electron chi connectivity index (χ2n) is 8.01. The minimum absolute atomic E-state index is 0.179. The van der Waals surface area contributed by atoms with Crippen molar-refractivity contribution in [3.63, 3.8) is 0 Å².